The first kappa shape index (κ1) is 18.1. The van der Waals surface area contributed by atoms with E-state index in [1.54, 1.807) is 18.2 Å². The zero-order valence-electron chi connectivity index (χ0n) is 15.4. The molecule has 0 unspecified atom stereocenters. The average molecular weight is 376 g/mol. The molecule has 1 aromatic heterocycles. The Kier molecular flexibility index (Phi) is 5.28. The van der Waals surface area contributed by atoms with E-state index in [-0.39, 0.29) is 11.7 Å². The fourth-order valence-corrected chi connectivity index (χ4v) is 3.38. The van der Waals surface area contributed by atoms with E-state index in [0.29, 0.717) is 17.1 Å². The van der Waals surface area contributed by atoms with Gasteiger partial charge in [-0.25, -0.2) is 4.39 Å². The summed E-state index contributed by atoms with van der Waals surface area (Å²) >= 11 is 0. The molecule has 0 radical (unpaired) electrons. The molecule has 1 N–H and O–H groups in total. The second-order valence-electron chi connectivity index (χ2n) is 6.83. The zero-order chi connectivity index (χ0) is 19.3. The van der Waals surface area contributed by atoms with Crippen molar-refractivity contribution in [3.8, 4) is 11.4 Å². The van der Waals surface area contributed by atoms with Crippen LogP contribution in [0.15, 0.2) is 54.6 Å². The van der Waals surface area contributed by atoms with Gasteiger partial charge in [-0.1, -0.05) is 36.8 Å². The first-order valence-electron chi connectivity index (χ1n) is 9.47. The summed E-state index contributed by atoms with van der Waals surface area (Å²) < 4.78 is 16.5. The number of anilines is 1. The third-order valence-electron chi connectivity index (χ3n) is 4.81. The number of carbonyl (C=O) groups excluding carboxylic acids is 1. The van der Waals surface area contributed by atoms with Crippen molar-refractivity contribution < 1.29 is 9.18 Å². The Hall–Kier alpha value is -3.28. The molecule has 142 valence electrons. The van der Waals surface area contributed by atoms with Crippen LogP contribution >= 0.6 is 0 Å². The van der Waals surface area contributed by atoms with Crippen LogP contribution in [0.2, 0.25) is 0 Å². The summed E-state index contributed by atoms with van der Waals surface area (Å²) in [5.74, 6) is 0.760. The molecule has 1 amide bonds. The normalized spacial score (nSPS) is 13.9. The molecule has 0 atom stereocenters. The van der Waals surface area contributed by atoms with Gasteiger partial charge in [-0.05, 0) is 42.7 Å². The first-order chi connectivity index (χ1) is 13.7. The van der Waals surface area contributed by atoms with Crippen molar-refractivity contribution >= 4 is 17.7 Å². The number of rotatable bonds is 4. The van der Waals surface area contributed by atoms with Crippen LogP contribution in [0.1, 0.15) is 30.7 Å². The lowest BCUT2D eigenvalue weighted by molar-refractivity contribution is -0.111. The molecule has 0 saturated carbocycles. The van der Waals surface area contributed by atoms with Gasteiger partial charge in [0.15, 0.2) is 5.82 Å². The van der Waals surface area contributed by atoms with Crippen molar-refractivity contribution in [1.29, 1.82) is 0 Å². The van der Waals surface area contributed by atoms with Crippen LogP contribution in [-0.4, -0.2) is 20.7 Å². The summed E-state index contributed by atoms with van der Waals surface area (Å²) in [5, 5.41) is 11.2. The molecule has 0 bridgehead atoms. The lowest BCUT2D eigenvalue weighted by atomic mass is 10.1. The number of aryl methyl sites for hydroxylation is 1. The minimum atomic E-state index is -0.378. The minimum absolute atomic E-state index is 0.276. The predicted octanol–water partition coefficient (Wildman–Crippen LogP) is 4.46. The average Bonchev–Trinajstić information content (AvgIpc) is 2.96. The molecular weight excluding hydrogens is 355 g/mol. The molecule has 0 spiro atoms. The van der Waals surface area contributed by atoms with Crippen LogP contribution in [0.5, 0.6) is 0 Å². The molecular formula is C22H21FN4O. The van der Waals surface area contributed by atoms with E-state index in [1.165, 1.54) is 12.1 Å². The summed E-state index contributed by atoms with van der Waals surface area (Å²) in [7, 11) is 0. The highest BCUT2D eigenvalue weighted by molar-refractivity contribution is 6.02. The molecule has 4 rings (SSSR count). The van der Waals surface area contributed by atoms with Crippen LogP contribution in [0, 0.1) is 5.82 Å². The number of nitrogens with zero attached hydrogens (tertiary/aromatic N) is 3. The third kappa shape index (κ3) is 4.01. The van der Waals surface area contributed by atoms with Gasteiger partial charge in [0, 0.05) is 24.7 Å². The number of nitrogens with one attached hydrogen (secondary N) is 1. The van der Waals surface area contributed by atoms with Gasteiger partial charge in [-0.3, -0.25) is 4.79 Å². The van der Waals surface area contributed by atoms with E-state index >= 15 is 0 Å². The van der Waals surface area contributed by atoms with E-state index < -0.39 is 0 Å². The highest BCUT2D eigenvalue weighted by Gasteiger charge is 2.19. The highest BCUT2D eigenvalue weighted by Crippen LogP contribution is 2.27. The van der Waals surface area contributed by atoms with Gasteiger partial charge in [0.05, 0.1) is 5.56 Å². The van der Waals surface area contributed by atoms with Crippen molar-refractivity contribution in [2.24, 2.45) is 0 Å². The Balaban J connectivity index is 1.55. The maximum Gasteiger partial charge on any atom is 0.248 e. The summed E-state index contributed by atoms with van der Waals surface area (Å²) in [6.07, 6.45) is 7.29. The van der Waals surface area contributed by atoms with Gasteiger partial charge in [0.1, 0.15) is 11.6 Å². The maximum absolute atomic E-state index is 14.5. The van der Waals surface area contributed by atoms with Crippen molar-refractivity contribution in [3.63, 3.8) is 0 Å². The molecule has 2 heterocycles. The smallest absolute Gasteiger partial charge is 0.248 e. The minimum Gasteiger partial charge on any atom is -0.322 e. The Bertz CT molecular complexity index is 1010. The highest BCUT2D eigenvalue weighted by atomic mass is 19.1. The van der Waals surface area contributed by atoms with Crippen molar-refractivity contribution in [2.45, 2.75) is 32.2 Å². The SMILES string of the molecule is O=C(/C=C/c1ccccc1)Nc1ccc(F)c(-c2nnc3n2CCCCC3)c1. The topological polar surface area (TPSA) is 59.8 Å². The Morgan fingerprint density at radius 3 is 2.79 bits per heavy atom. The first-order valence-corrected chi connectivity index (χ1v) is 9.47. The molecule has 0 aliphatic carbocycles. The van der Waals surface area contributed by atoms with Crippen LogP contribution in [0.4, 0.5) is 10.1 Å². The van der Waals surface area contributed by atoms with E-state index in [2.05, 4.69) is 15.5 Å². The number of hydrogen-bond donors (Lipinski definition) is 1. The quantitative estimate of drug-likeness (QED) is 0.684. The van der Waals surface area contributed by atoms with Crippen LogP contribution in [0.3, 0.4) is 0 Å². The summed E-state index contributed by atoms with van der Waals surface area (Å²) in [4.78, 5) is 12.2. The van der Waals surface area contributed by atoms with Gasteiger partial charge in [-0.15, -0.1) is 10.2 Å². The lowest BCUT2D eigenvalue weighted by Crippen LogP contribution is -2.09. The summed E-state index contributed by atoms with van der Waals surface area (Å²) in [6.45, 7) is 0.785. The number of amides is 1. The molecule has 0 fully saturated rings. The lowest BCUT2D eigenvalue weighted by Gasteiger charge is -2.10. The number of hydrogen-bond acceptors (Lipinski definition) is 3. The number of benzene rings is 2. The number of fused-ring (bicyclic) bond motifs is 1. The van der Waals surface area contributed by atoms with E-state index in [4.69, 9.17) is 0 Å². The Morgan fingerprint density at radius 1 is 1.07 bits per heavy atom. The Labute approximate surface area is 162 Å². The van der Waals surface area contributed by atoms with Crippen molar-refractivity contribution in [3.05, 3.63) is 71.8 Å². The number of aromatic nitrogens is 3. The number of carbonyl (C=O) groups is 1. The van der Waals surface area contributed by atoms with Crippen LogP contribution in [0.25, 0.3) is 17.5 Å². The molecule has 1 aliphatic rings. The van der Waals surface area contributed by atoms with E-state index in [1.807, 2.05) is 34.9 Å². The second kappa shape index (κ2) is 8.17. The molecule has 3 aromatic rings. The number of halogens is 1. The van der Waals surface area contributed by atoms with Gasteiger partial charge in [0.25, 0.3) is 0 Å². The fourth-order valence-electron chi connectivity index (χ4n) is 3.38. The molecule has 0 saturated heterocycles. The predicted molar refractivity (Wildman–Crippen MR) is 107 cm³/mol. The zero-order valence-corrected chi connectivity index (χ0v) is 15.4. The van der Waals surface area contributed by atoms with Crippen molar-refractivity contribution in [2.75, 3.05) is 5.32 Å². The largest absolute Gasteiger partial charge is 0.322 e. The van der Waals surface area contributed by atoms with Crippen molar-refractivity contribution in [1.82, 2.24) is 14.8 Å². The van der Waals surface area contributed by atoms with E-state index in [0.717, 1.165) is 43.6 Å². The third-order valence-corrected chi connectivity index (χ3v) is 4.81. The van der Waals surface area contributed by atoms with Crippen LogP contribution < -0.4 is 5.32 Å². The van der Waals surface area contributed by atoms with Gasteiger partial charge in [-0.2, -0.15) is 0 Å². The van der Waals surface area contributed by atoms with E-state index in [9.17, 15) is 9.18 Å². The standard InChI is InChI=1S/C22H21FN4O/c23-19-12-11-17(24-21(28)13-10-16-7-3-1-4-8-16)15-18(19)22-26-25-20-9-5-2-6-14-27(20)22/h1,3-4,7-8,10-13,15H,2,5-6,9,14H2,(H,24,28)/b13-10+. The Morgan fingerprint density at radius 2 is 1.93 bits per heavy atom. The molecule has 28 heavy (non-hydrogen) atoms. The molecule has 2 aromatic carbocycles. The molecule has 1 aliphatic heterocycles. The maximum atomic E-state index is 14.5. The molecule has 5 nitrogen and oxygen atoms in total. The summed E-state index contributed by atoms with van der Waals surface area (Å²) in [6, 6.07) is 14.1. The van der Waals surface area contributed by atoms with Crippen LogP contribution in [-0.2, 0) is 17.8 Å². The van der Waals surface area contributed by atoms with Gasteiger partial charge < -0.3 is 9.88 Å². The van der Waals surface area contributed by atoms with Gasteiger partial charge in [0.2, 0.25) is 5.91 Å². The molecule has 6 heteroatoms. The second-order valence-corrected chi connectivity index (χ2v) is 6.83. The summed E-state index contributed by atoms with van der Waals surface area (Å²) in [5.41, 5.74) is 1.80. The monoisotopic (exact) mass is 376 g/mol. The fraction of sp³-hybridized carbons (Fsp3) is 0.227. The van der Waals surface area contributed by atoms with Gasteiger partial charge >= 0.3 is 0 Å².